The molecule has 0 fully saturated rings. The number of aliphatic hydroxyl groups excluding tert-OH is 1. The second-order valence-corrected chi connectivity index (χ2v) is 0.316. The summed E-state index contributed by atoms with van der Waals surface area (Å²) in [7, 11) is 0. The Kier molecular flexibility index (Phi) is 62.5. The van der Waals surface area contributed by atoms with Gasteiger partial charge in [-0.25, -0.2) is 0 Å². The first-order chi connectivity index (χ1) is 1.41. The summed E-state index contributed by atoms with van der Waals surface area (Å²) in [5, 5.41) is 7.57. The molecule has 1 radical (unpaired) electrons. The fourth-order valence-electron chi connectivity index (χ4n) is 0. The number of rotatable bonds is 0. The van der Waals surface area contributed by atoms with Gasteiger partial charge in [0, 0.05) is 29.0 Å². The molecule has 0 rings (SSSR count). The van der Waals surface area contributed by atoms with Gasteiger partial charge in [0.25, 0.3) is 0 Å². The average Bonchev–Trinajstić information content (AvgIpc) is 0.918. The first kappa shape index (κ1) is 16.4. The van der Waals surface area contributed by atoms with Gasteiger partial charge in [0.15, 0.2) is 0 Å². The number of aliphatic hydroxyl groups is 1. The summed E-state index contributed by atoms with van der Waals surface area (Å²) >= 11 is 0. The number of hydrogen-bond acceptors (Lipinski definition) is 1. The summed E-state index contributed by atoms with van der Waals surface area (Å²) in [5.41, 5.74) is 0. The molecular formula is C2H7AuBrO. The Morgan fingerprint density at radius 3 is 1.60 bits per heavy atom. The van der Waals surface area contributed by atoms with Crippen LogP contribution in [-0.4, -0.2) is 11.7 Å². The molecule has 0 atom stereocenters. The molecule has 3 heteroatoms. The van der Waals surface area contributed by atoms with E-state index < -0.39 is 0 Å². The molecule has 1 N–H and O–H groups in total. The molecule has 0 aliphatic rings. The number of hydrogen-bond donors (Lipinski definition) is 1. The second-order valence-electron chi connectivity index (χ2n) is 0.316. The van der Waals surface area contributed by atoms with Crippen molar-refractivity contribution in [2.75, 3.05) is 6.61 Å². The molecule has 1 nitrogen and oxygen atoms in total. The van der Waals surface area contributed by atoms with Gasteiger partial charge in [-0.15, -0.1) is 17.0 Å². The van der Waals surface area contributed by atoms with Crippen molar-refractivity contribution >= 4 is 17.0 Å². The molecule has 0 unspecified atom stereocenters. The summed E-state index contributed by atoms with van der Waals surface area (Å²) in [6.07, 6.45) is 0. The third-order valence-corrected chi connectivity index (χ3v) is 0. The maximum absolute atomic E-state index is 7.57. The van der Waals surface area contributed by atoms with Crippen molar-refractivity contribution in [3.8, 4) is 0 Å². The number of halogens is 1. The molecule has 0 aliphatic heterocycles. The topological polar surface area (TPSA) is 20.2 Å². The van der Waals surface area contributed by atoms with Crippen LogP contribution in [-0.2, 0) is 22.4 Å². The Labute approximate surface area is 58.0 Å². The zero-order valence-electron chi connectivity index (χ0n) is 2.86. The maximum Gasteiger partial charge on any atom is 0.0402 e. The van der Waals surface area contributed by atoms with Crippen LogP contribution in [0.3, 0.4) is 0 Å². The van der Waals surface area contributed by atoms with Crippen LogP contribution in [0.1, 0.15) is 6.92 Å². The van der Waals surface area contributed by atoms with Crippen LogP contribution < -0.4 is 0 Å². The van der Waals surface area contributed by atoms with Crippen LogP contribution >= 0.6 is 17.0 Å². The van der Waals surface area contributed by atoms with Crippen molar-refractivity contribution in [1.82, 2.24) is 0 Å². The molecule has 0 heterocycles. The predicted molar refractivity (Wildman–Crippen MR) is 23.1 cm³/mol. The fraction of sp³-hybridized carbons (Fsp3) is 1.00. The van der Waals surface area contributed by atoms with E-state index in [4.69, 9.17) is 5.11 Å². The van der Waals surface area contributed by atoms with Crippen LogP contribution in [0, 0.1) is 0 Å². The van der Waals surface area contributed by atoms with Crippen molar-refractivity contribution in [3.05, 3.63) is 0 Å². The first-order valence-electron chi connectivity index (χ1n) is 1.02. The van der Waals surface area contributed by atoms with Gasteiger partial charge in [0.1, 0.15) is 0 Å². The molecule has 0 aromatic carbocycles. The molecule has 0 spiro atoms. The maximum atomic E-state index is 7.57. The third-order valence-electron chi connectivity index (χ3n) is 0. The van der Waals surface area contributed by atoms with E-state index in [0.29, 0.717) is 0 Å². The van der Waals surface area contributed by atoms with Crippen LogP contribution in [0.4, 0.5) is 0 Å². The van der Waals surface area contributed by atoms with Gasteiger partial charge in [0.2, 0.25) is 0 Å². The summed E-state index contributed by atoms with van der Waals surface area (Å²) in [6, 6.07) is 0. The van der Waals surface area contributed by atoms with Crippen LogP contribution in [0.15, 0.2) is 0 Å². The SMILES string of the molecule is Br.CCO.[Au]. The molecule has 0 aromatic rings. The molecule has 0 aromatic heterocycles. The van der Waals surface area contributed by atoms with E-state index in [9.17, 15) is 0 Å². The molecular weight excluding hydrogens is 317 g/mol. The standard InChI is InChI=1S/C2H6O.Au.BrH/c1-2-3;;/h3H,2H2,1H3;;1H. The predicted octanol–water partition coefficient (Wildman–Crippen LogP) is 0.574. The van der Waals surface area contributed by atoms with E-state index in [1.54, 1.807) is 6.92 Å². The second kappa shape index (κ2) is 19.0. The Morgan fingerprint density at radius 1 is 1.60 bits per heavy atom. The third kappa shape index (κ3) is 37.6. The smallest absolute Gasteiger partial charge is 0.0402 e. The minimum absolute atomic E-state index is 0. The molecule has 0 amide bonds. The van der Waals surface area contributed by atoms with E-state index in [-0.39, 0.29) is 46.0 Å². The van der Waals surface area contributed by atoms with Crippen LogP contribution in [0.5, 0.6) is 0 Å². The monoisotopic (exact) mass is 323 g/mol. The minimum Gasteiger partial charge on any atom is -0.397 e. The summed E-state index contributed by atoms with van der Waals surface area (Å²) in [6.45, 7) is 1.93. The molecule has 39 valence electrons. The molecule has 0 saturated carbocycles. The molecule has 0 bridgehead atoms. The van der Waals surface area contributed by atoms with E-state index in [1.165, 1.54) is 0 Å². The Hall–Kier alpha value is 1.18. The van der Waals surface area contributed by atoms with Gasteiger partial charge in [-0.05, 0) is 6.92 Å². The van der Waals surface area contributed by atoms with Crippen molar-refractivity contribution in [3.63, 3.8) is 0 Å². The molecule has 0 saturated heterocycles. The van der Waals surface area contributed by atoms with Crippen molar-refractivity contribution < 1.29 is 27.5 Å². The van der Waals surface area contributed by atoms with Gasteiger partial charge in [-0.3, -0.25) is 0 Å². The average molecular weight is 324 g/mol. The van der Waals surface area contributed by atoms with E-state index in [2.05, 4.69) is 0 Å². The Morgan fingerprint density at radius 2 is 1.60 bits per heavy atom. The quantitative estimate of drug-likeness (QED) is 0.646. The van der Waals surface area contributed by atoms with E-state index >= 15 is 0 Å². The zero-order chi connectivity index (χ0) is 2.71. The van der Waals surface area contributed by atoms with Gasteiger partial charge in [-0.2, -0.15) is 0 Å². The summed E-state index contributed by atoms with van der Waals surface area (Å²) < 4.78 is 0. The fourth-order valence-corrected chi connectivity index (χ4v) is 0. The van der Waals surface area contributed by atoms with Crippen molar-refractivity contribution in [1.29, 1.82) is 0 Å². The van der Waals surface area contributed by atoms with Gasteiger partial charge < -0.3 is 5.11 Å². The Balaban J connectivity index is -0.0000000200. The zero-order valence-corrected chi connectivity index (χ0v) is 6.74. The van der Waals surface area contributed by atoms with Gasteiger partial charge in [-0.1, -0.05) is 0 Å². The van der Waals surface area contributed by atoms with Crippen LogP contribution in [0.2, 0.25) is 0 Å². The first-order valence-corrected chi connectivity index (χ1v) is 1.02. The molecule has 0 aliphatic carbocycles. The van der Waals surface area contributed by atoms with Crippen LogP contribution in [0.25, 0.3) is 0 Å². The Bertz CT molecular complexity index is 9.61. The largest absolute Gasteiger partial charge is 0.397 e. The summed E-state index contributed by atoms with van der Waals surface area (Å²) in [4.78, 5) is 0. The van der Waals surface area contributed by atoms with Crippen molar-refractivity contribution in [2.24, 2.45) is 0 Å². The minimum atomic E-state index is 0. The molecule has 5 heavy (non-hydrogen) atoms. The normalized spacial score (nSPS) is 3.60. The van der Waals surface area contributed by atoms with E-state index in [0.717, 1.165) is 0 Å². The van der Waals surface area contributed by atoms with Gasteiger partial charge >= 0.3 is 0 Å². The van der Waals surface area contributed by atoms with Crippen molar-refractivity contribution in [2.45, 2.75) is 6.92 Å². The van der Waals surface area contributed by atoms with E-state index in [1.807, 2.05) is 0 Å². The van der Waals surface area contributed by atoms with Gasteiger partial charge in [0.05, 0.1) is 0 Å². The summed E-state index contributed by atoms with van der Waals surface area (Å²) in [5.74, 6) is 0.